The molecule has 2 nitrogen and oxygen atoms in total. The monoisotopic (exact) mass is 264 g/mol. The average molecular weight is 264 g/mol. The molecule has 0 heterocycles. The lowest BCUT2D eigenvalue weighted by Crippen LogP contribution is -2.58. The van der Waals surface area contributed by atoms with Crippen LogP contribution in [0.1, 0.15) is 72.1 Å². The standard InChI is InChI=1S/C17H28O2/c1-4-15(18)19-16(3,5-2)17-9-12-6-13(10-17)8-14(7-12)11-17/h12-14H,4-11H2,1-3H3. The Bertz CT molecular complexity index is 338. The Balaban J connectivity index is 1.87. The number of carbonyl (C=O) groups excluding carboxylic acids is 1. The molecule has 4 aliphatic carbocycles. The molecule has 0 aromatic rings. The third-order valence-electron chi connectivity index (χ3n) is 6.46. The molecule has 2 heteroatoms. The highest BCUT2D eigenvalue weighted by Gasteiger charge is 2.59. The van der Waals surface area contributed by atoms with Crippen molar-refractivity contribution in [2.45, 2.75) is 77.7 Å². The smallest absolute Gasteiger partial charge is 0.306 e. The Morgan fingerprint density at radius 2 is 1.58 bits per heavy atom. The molecule has 0 N–H and O–H groups in total. The second kappa shape index (κ2) is 4.49. The number of carbonyl (C=O) groups is 1. The quantitative estimate of drug-likeness (QED) is 0.707. The van der Waals surface area contributed by atoms with Crippen molar-refractivity contribution in [1.29, 1.82) is 0 Å². The number of hydrogen-bond acceptors (Lipinski definition) is 2. The van der Waals surface area contributed by atoms with Gasteiger partial charge in [-0.15, -0.1) is 0 Å². The third kappa shape index (κ3) is 2.02. The Kier molecular flexibility index (Phi) is 3.18. The molecule has 0 aromatic carbocycles. The lowest BCUT2D eigenvalue weighted by molar-refractivity contribution is -0.204. The van der Waals surface area contributed by atoms with Gasteiger partial charge in [0.05, 0.1) is 0 Å². The van der Waals surface area contributed by atoms with E-state index < -0.39 is 0 Å². The van der Waals surface area contributed by atoms with Crippen molar-refractivity contribution in [3.05, 3.63) is 0 Å². The zero-order chi connectivity index (χ0) is 13.7. The molecular formula is C17H28O2. The minimum Gasteiger partial charge on any atom is -0.459 e. The highest BCUT2D eigenvalue weighted by Crippen LogP contribution is 2.64. The minimum absolute atomic E-state index is 0.0138. The van der Waals surface area contributed by atoms with Gasteiger partial charge in [-0.25, -0.2) is 0 Å². The molecule has 0 amide bonds. The van der Waals surface area contributed by atoms with Crippen LogP contribution in [0.4, 0.5) is 0 Å². The Morgan fingerprint density at radius 3 is 1.95 bits per heavy atom. The molecule has 4 fully saturated rings. The Morgan fingerprint density at radius 1 is 1.11 bits per heavy atom. The molecule has 4 saturated carbocycles. The van der Waals surface area contributed by atoms with Crippen LogP contribution in [0.5, 0.6) is 0 Å². The summed E-state index contributed by atoms with van der Waals surface area (Å²) < 4.78 is 5.98. The van der Waals surface area contributed by atoms with Crippen molar-refractivity contribution in [3.63, 3.8) is 0 Å². The van der Waals surface area contributed by atoms with E-state index in [-0.39, 0.29) is 11.6 Å². The fraction of sp³-hybridized carbons (Fsp3) is 0.941. The first kappa shape index (κ1) is 13.5. The van der Waals surface area contributed by atoms with Crippen LogP contribution in [0.15, 0.2) is 0 Å². The highest BCUT2D eigenvalue weighted by atomic mass is 16.6. The lowest BCUT2D eigenvalue weighted by atomic mass is 9.45. The summed E-state index contributed by atoms with van der Waals surface area (Å²) in [5, 5.41) is 0. The van der Waals surface area contributed by atoms with Gasteiger partial charge in [-0.3, -0.25) is 4.79 Å². The van der Waals surface area contributed by atoms with Crippen LogP contribution in [-0.2, 0) is 9.53 Å². The molecule has 0 aliphatic heterocycles. The van der Waals surface area contributed by atoms with Crippen LogP contribution in [0, 0.1) is 23.2 Å². The van der Waals surface area contributed by atoms with Crippen molar-refractivity contribution in [2.75, 3.05) is 0 Å². The molecule has 0 saturated heterocycles. The summed E-state index contributed by atoms with van der Waals surface area (Å²) in [7, 11) is 0. The molecule has 1 atom stereocenters. The molecule has 4 bridgehead atoms. The van der Waals surface area contributed by atoms with E-state index in [1.54, 1.807) is 0 Å². The van der Waals surface area contributed by atoms with E-state index in [0.29, 0.717) is 11.8 Å². The van der Waals surface area contributed by atoms with Crippen LogP contribution >= 0.6 is 0 Å². The third-order valence-corrected chi connectivity index (χ3v) is 6.46. The van der Waals surface area contributed by atoms with Gasteiger partial charge in [0.1, 0.15) is 5.60 Å². The fourth-order valence-corrected chi connectivity index (χ4v) is 5.64. The topological polar surface area (TPSA) is 26.3 Å². The van der Waals surface area contributed by atoms with Crippen molar-refractivity contribution in [1.82, 2.24) is 0 Å². The van der Waals surface area contributed by atoms with Gasteiger partial charge < -0.3 is 4.74 Å². The Labute approximate surface area is 117 Å². The maximum atomic E-state index is 11.9. The molecule has 1 unspecified atom stereocenters. The van der Waals surface area contributed by atoms with Gasteiger partial charge in [0.25, 0.3) is 0 Å². The predicted octanol–water partition coefficient (Wildman–Crippen LogP) is 4.32. The van der Waals surface area contributed by atoms with Gasteiger partial charge in [0.15, 0.2) is 0 Å². The summed E-state index contributed by atoms with van der Waals surface area (Å²) in [6, 6.07) is 0. The lowest BCUT2D eigenvalue weighted by Gasteiger charge is -2.62. The first-order valence-corrected chi connectivity index (χ1v) is 8.22. The van der Waals surface area contributed by atoms with E-state index in [4.69, 9.17) is 4.74 Å². The van der Waals surface area contributed by atoms with Crippen LogP contribution in [-0.4, -0.2) is 11.6 Å². The van der Waals surface area contributed by atoms with Gasteiger partial charge in [-0.1, -0.05) is 13.8 Å². The molecule has 0 radical (unpaired) electrons. The largest absolute Gasteiger partial charge is 0.459 e. The average Bonchev–Trinajstić information content (AvgIpc) is 2.36. The maximum absolute atomic E-state index is 11.9. The number of hydrogen-bond donors (Lipinski definition) is 0. The molecule has 4 aliphatic rings. The van der Waals surface area contributed by atoms with E-state index in [0.717, 1.165) is 24.2 Å². The number of ether oxygens (including phenoxy) is 1. The second-order valence-corrected chi connectivity index (χ2v) is 7.61. The normalized spacial score (nSPS) is 43.0. The molecule has 19 heavy (non-hydrogen) atoms. The van der Waals surface area contributed by atoms with Crippen LogP contribution in [0.25, 0.3) is 0 Å². The number of esters is 1. The van der Waals surface area contributed by atoms with Gasteiger partial charge in [0, 0.05) is 11.8 Å². The van der Waals surface area contributed by atoms with Crippen LogP contribution < -0.4 is 0 Å². The predicted molar refractivity (Wildman–Crippen MR) is 75.7 cm³/mol. The van der Waals surface area contributed by atoms with Crippen molar-refractivity contribution in [2.24, 2.45) is 23.2 Å². The SMILES string of the molecule is CCC(=O)OC(C)(CC)C12CC3CC(CC(C3)C1)C2. The summed E-state index contributed by atoms with van der Waals surface area (Å²) in [5.41, 5.74) is 0.0669. The Hall–Kier alpha value is -0.530. The molecular weight excluding hydrogens is 236 g/mol. The van der Waals surface area contributed by atoms with E-state index in [9.17, 15) is 4.79 Å². The first-order chi connectivity index (χ1) is 9.00. The second-order valence-electron chi connectivity index (χ2n) is 7.61. The van der Waals surface area contributed by atoms with Gasteiger partial charge >= 0.3 is 5.97 Å². The van der Waals surface area contributed by atoms with Gasteiger partial charge in [-0.2, -0.15) is 0 Å². The van der Waals surface area contributed by atoms with E-state index >= 15 is 0 Å². The molecule has 0 spiro atoms. The maximum Gasteiger partial charge on any atom is 0.306 e. The van der Waals surface area contributed by atoms with E-state index in [1.807, 2.05) is 6.92 Å². The van der Waals surface area contributed by atoms with Gasteiger partial charge in [-0.05, 0) is 69.6 Å². The summed E-state index contributed by atoms with van der Waals surface area (Å²) in [4.78, 5) is 11.9. The summed E-state index contributed by atoms with van der Waals surface area (Å²) in [6.07, 6.45) is 9.72. The molecule has 0 aromatic heterocycles. The molecule has 4 rings (SSSR count). The van der Waals surface area contributed by atoms with Crippen LogP contribution in [0.2, 0.25) is 0 Å². The minimum atomic E-state index is -0.226. The van der Waals surface area contributed by atoms with Crippen LogP contribution in [0.3, 0.4) is 0 Å². The highest BCUT2D eigenvalue weighted by molar-refractivity contribution is 5.69. The van der Waals surface area contributed by atoms with E-state index in [1.165, 1.54) is 38.5 Å². The first-order valence-electron chi connectivity index (χ1n) is 8.22. The summed E-state index contributed by atoms with van der Waals surface area (Å²) in [6.45, 7) is 6.31. The van der Waals surface area contributed by atoms with Crippen molar-refractivity contribution in [3.8, 4) is 0 Å². The fourth-order valence-electron chi connectivity index (χ4n) is 5.64. The number of rotatable bonds is 4. The van der Waals surface area contributed by atoms with E-state index in [2.05, 4.69) is 13.8 Å². The van der Waals surface area contributed by atoms with Gasteiger partial charge in [0.2, 0.25) is 0 Å². The zero-order valence-corrected chi connectivity index (χ0v) is 12.7. The summed E-state index contributed by atoms with van der Waals surface area (Å²) >= 11 is 0. The zero-order valence-electron chi connectivity index (χ0n) is 12.7. The van der Waals surface area contributed by atoms with Crippen molar-refractivity contribution < 1.29 is 9.53 Å². The molecule has 108 valence electrons. The van der Waals surface area contributed by atoms with Crippen molar-refractivity contribution >= 4 is 5.97 Å². The summed E-state index contributed by atoms with van der Waals surface area (Å²) in [5.74, 6) is 2.73.